The van der Waals surface area contributed by atoms with E-state index < -0.39 is 15.3 Å². The highest BCUT2D eigenvalue weighted by Crippen LogP contribution is 2.28. The summed E-state index contributed by atoms with van der Waals surface area (Å²) in [5.41, 5.74) is 1.50. The van der Waals surface area contributed by atoms with Crippen LogP contribution in [0.2, 0.25) is 0 Å². The summed E-state index contributed by atoms with van der Waals surface area (Å²) in [5.74, 6) is -0.819. The Balaban J connectivity index is 1.61. The lowest BCUT2D eigenvalue weighted by atomic mass is 9.83. The van der Waals surface area contributed by atoms with Gasteiger partial charge in [0.15, 0.2) is 11.6 Å². The molecule has 0 spiro atoms. The van der Waals surface area contributed by atoms with Crippen LogP contribution in [0, 0.1) is 0 Å². The molecule has 8 heteroatoms. The third-order valence-electron chi connectivity index (χ3n) is 5.37. The lowest BCUT2D eigenvalue weighted by Crippen LogP contribution is -2.44. The quantitative estimate of drug-likeness (QED) is 0.700. The number of ketones is 2. The Morgan fingerprint density at radius 1 is 0.893 bits per heavy atom. The highest BCUT2D eigenvalue weighted by molar-refractivity contribution is 7.89. The molecular formula is C20H18N2O5S. The number of rotatable bonds is 2. The van der Waals surface area contributed by atoms with Gasteiger partial charge in [0, 0.05) is 40.9 Å². The van der Waals surface area contributed by atoms with Gasteiger partial charge in [0.2, 0.25) is 10.0 Å². The molecule has 1 fully saturated rings. The van der Waals surface area contributed by atoms with E-state index in [1.807, 2.05) is 0 Å². The van der Waals surface area contributed by atoms with Gasteiger partial charge in [0.05, 0.1) is 5.25 Å². The third-order valence-corrected chi connectivity index (χ3v) is 6.77. The minimum absolute atomic E-state index is 0.217. The van der Waals surface area contributed by atoms with Crippen LogP contribution in [-0.4, -0.2) is 49.1 Å². The van der Waals surface area contributed by atoms with Gasteiger partial charge in [-0.05, 0) is 31.0 Å². The number of sulfonamides is 1. The number of carbonyl (C=O) groups is 3. The topological polar surface area (TPSA) is 115 Å². The van der Waals surface area contributed by atoms with Crippen LogP contribution in [0.4, 0.5) is 0 Å². The Hall–Kier alpha value is -2.84. The first-order valence-corrected chi connectivity index (χ1v) is 10.5. The average molecular weight is 398 g/mol. The Labute approximate surface area is 162 Å². The van der Waals surface area contributed by atoms with E-state index in [2.05, 4.69) is 0 Å². The predicted octanol–water partition coefficient (Wildman–Crippen LogP) is 1.36. The van der Waals surface area contributed by atoms with Crippen molar-refractivity contribution in [3.05, 3.63) is 70.3 Å². The zero-order valence-corrected chi connectivity index (χ0v) is 15.7. The van der Waals surface area contributed by atoms with Crippen LogP contribution in [0.5, 0.6) is 0 Å². The molecular weight excluding hydrogens is 380 g/mol. The van der Waals surface area contributed by atoms with E-state index >= 15 is 0 Å². The minimum Gasteiger partial charge on any atom is -0.339 e. The molecule has 2 aromatic rings. The largest absolute Gasteiger partial charge is 0.339 e. The van der Waals surface area contributed by atoms with Crippen LogP contribution in [0.1, 0.15) is 55.0 Å². The van der Waals surface area contributed by atoms with Crippen molar-refractivity contribution in [2.45, 2.75) is 18.1 Å². The van der Waals surface area contributed by atoms with Crippen LogP contribution in [0.25, 0.3) is 0 Å². The second kappa shape index (κ2) is 6.65. The van der Waals surface area contributed by atoms with Gasteiger partial charge in [-0.25, -0.2) is 13.6 Å². The highest BCUT2D eigenvalue weighted by Gasteiger charge is 2.32. The van der Waals surface area contributed by atoms with Crippen molar-refractivity contribution in [3.63, 3.8) is 0 Å². The smallest absolute Gasteiger partial charge is 0.253 e. The fraction of sp³-hybridized carbons (Fsp3) is 0.250. The predicted molar refractivity (Wildman–Crippen MR) is 102 cm³/mol. The lowest BCUT2D eigenvalue weighted by molar-refractivity contribution is 0.0725. The Morgan fingerprint density at radius 2 is 1.43 bits per heavy atom. The van der Waals surface area contributed by atoms with E-state index in [0.29, 0.717) is 16.7 Å². The number of carbonyl (C=O) groups excluding carboxylic acids is 3. The van der Waals surface area contributed by atoms with Crippen LogP contribution >= 0.6 is 0 Å². The van der Waals surface area contributed by atoms with Crippen molar-refractivity contribution < 1.29 is 22.8 Å². The molecule has 0 saturated carbocycles. The number of likely N-dealkylation sites (tertiary alicyclic amines) is 1. The summed E-state index contributed by atoms with van der Waals surface area (Å²) in [6, 6.07) is 11.1. The van der Waals surface area contributed by atoms with E-state index in [1.54, 1.807) is 29.2 Å². The number of amides is 1. The van der Waals surface area contributed by atoms with E-state index in [4.69, 9.17) is 5.14 Å². The molecule has 7 nitrogen and oxygen atoms in total. The summed E-state index contributed by atoms with van der Waals surface area (Å²) >= 11 is 0. The fourth-order valence-electron chi connectivity index (χ4n) is 3.80. The Kier molecular flexibility index (Phi) is 4.40. The van der Waals surface area contributed by atoms with E-state index in [-0.39, 0.29) is 54.5 Å². The Morgan fingerprint density at radius 3 is 2.00 bits per heavy atom. The molecule has 0 bridgehead atoms. The summed E-state index contributed by atoms with van der Waals surface area (Å²) < 4.78 is 22.9. The Bertz CT molecular complexity index is 1120. The molecule has 144 valence electrons. The van der Waals surface area contributed by atoms with Gasteiger partial charge < -0.3 is 4.90 Å². The maximum atomic E-state index is 12.8. The maximum absolute atomic E-state index is 12.8. The molecule has 0 atom stereocenters. The van der Waals surface area contributed by atoms with Crippen molar-refractivity contribution in [3.8, 4) is 0 Å². The van der Waals surface area contributed by atoms with E-state index in [1.165, 1.54) is 18.2 Å². The van der Waals surface area contributed by atoms with Crippen molar-refractivity contribution >= 4 is 27.5 Å². The normalized spacial score (nSPS) is 17.2. The van der Waals surface area contributed by atoms with Gasteiger partial charge in [-0.2, -0.15) is 0 Å². The number of nitrogens with two attached hydrogens (primary N) is 1. The minimum atomic E-state index is -3.61. The number of nitrogens with zero attached hydrogens (tertiary/aromatic N) is 1. The zero-order valence-electron chi connectivity index (χ0n) is 14.9. The maximum Gasteiger partial charge on any atom is 0.253 e. The molecule has 0 radical (unpaired) electrons. The monoisotopic (exact) mass is 398 g/mol. The van der Waals surface area contributed by atoms with Crippen LogP contribution in [-0.2, 0) is 10.0 Å². The molecule has 1 saturated heterocycles. The first-order valence-electron chi connectivity index (χ1n) is 8.91. The zero-order chi connectivity index (χ0) is 20.1. The van der Waals surface area contributed by atoms with E-state index in [9.17, 15) is 22.8 Å². The number of primary sulfonamides is 1. The second-order valence-corrected chi connectivity index (χ2v) is 8.89. The average Bonchev–Trinajstić information content (AvgIpc) is 2.70. The van der Waals surface area contributed by atoms with E-state index in [0.717, 1.165) is 0 Å². The molecule has 1 aliphatic carbocycles. The molecule has 2 N–H and O–H groups in total. The molecule has 1 heterocycles. The number of benzene rings is 2. The SMILES string of the molecule is NS(=O)(=O)C1CCN(C(=O)c2ccc3c(c2)C(=O)c2ccccc2C3=O)CC1. The summed E-state index contributed by atoms with van der Waals surface area (Å²) in [7, 11) is -3.61. The van der Waals surface area contributed by atoms with Crippen molar-refractivity contribution in [1.29, 1.82) is 0 Å². The molecule has 2 aromatic carbocycles. The number of fused-ring (bicyclic) bond motifs is 2. The fourth-order valence-corrected chi connectivity index (χ4v) is 4.67. The molecule has 2 aliphatic rings. The number of hydrogen-bond acceptors (Lipinski definition) is 5. The van der Waals surface area contributed by atoms with Crippen molar-refractivity contribution in [2.24, 2.45) is 5.14 Å². The number of hydrogen-bond donors (Lipinski definition) is 1. The molecule has 0 aromatic heterocycles. The van der Waals surface area contributed by atoms with Crippen molar-refractivity contribution in [1.82, 2.24) is 4.90 Å². The summed E-state index contributed by atoms with van der Waals surface area (Å²) in [6.45, 7) is 0.541. The third kappa shape index (κ3) is 3.04. The lowest BCUT2D eigenvalue weighted by Gasteiger charge is -2.31. The summed E-state index contributed by atoms with van der Waals surface area (Å²) in [6.07, 6.45) is 0.556. The van der Waals surface area contributed by atoms with Gasteiger partial charge >= 0.3 is 0 Å². The van der Waals surface area contributed by atoms with Crippen LogP contribution < -0.4 is 5.14 Å². The highest BCUT2D eigenvalue weighted by atomic mass is 32.2. The first-order chi connectivity index (χ1) is 13.3. The number of piperidine rings is 1. The van der Waals surface area contributed by atoms with Gasteiger partial charge in [0.25, 0.3) is 5.91 Å². The van der Waals surface area contributed by atoms with Crippen LogP contribution in [0.15, 0.2) is 42.5 Å². The molecule has 1 aliphatic heterocycles. The molecule has 4 rings (SSSR count). The summed E-state index contributed by atoms with van der Waals surface area (Å²) in [4.78, 5) is 39.8. The van der Waals surface area contributed by atoms with Gasteiger partial charge in [-0.15, -0.1) is 0 Å². The van der Waals surface area contributed by atoms with Crippen LogP contribution in [0.3, 0.4) is 0 Å². The van der Waals surface area contributed by atoms with Crippen molar-refractivity contribution in [2.75, 3.05) is 13.1 Å². The standard InChI is InChI=1S/C20H18N2O5S/c21-28(26,27)13-7-9-22(10-8-13)20(25)12-5-6-16-17(11-12)19(24)15-4-2-1-3-14(15)18(16)23/h1-6,11,13H,7-10H2,(H2,21,26,27). The van der Waals surface area contributed by atoms with Gasteiger partial charge in [-0.1, -0.05) is 24.3 Å². The molecule has 0 unspecified atom stereocenters. The van der Waals surface area contributed by atoms with Gasteiger partial charge in [-0.3, -0.25) is 14.4 Å². The molecule has 28 heavy (non-hydrogen) atoms. The second-order valence-electron chi connectivity index (χ2n) is 7.04. The van der Waals surface area contributed by atoms with Gasteiger partial charge in [0.1, 0.15) is 0 Å². The first kappa shape index (κ1) is 18.5. The summed E-state index contributed by atoms with van der Waals surface area (Å²) in [5, 5.41) is 4.54. The molecule has 1 amide bonds.